The van der Waals surface area contributed by atoms with Gasteiger partial charge in [-0.2, -0.15) is 0 Å². The SMILES string of the molecule is CN1CCN(c2ccc(Nc3ccc(-c4cnc5cnccn45)c4c3C(=O)NC4)nc2)CC1=O. The largest absolute Gasteiger partial charge is 0.359 e. The molecule has 1 fully saturated rings. The fraction of sp³-hybridized carbons (Fsp3) is 0.208. The Morgan fingerprint density at radius 1 is 1.03 bits per heavy atom. The molecule has 4 aromatic rings. The summed E-state index contributed by atoms with van der Waals surface area (Å²) in [6.45, 7) is 2.25. The zero-order valence-corrected chi connectivity index (χ0v) is 18.5. The van der Waals surface area contributed by atoms with E-state index in [0.29, 0.717) is 36.7 Å². The van der Waals surface area contributed by atoms with E-state index in [0.717, 1.165) is 34.7 Å². The van der Waals surface area contributed by atoms with E-state index in [-0.39, 0.29) is 11.8 Å². The molecule has 0 aliphatic carbocycles. The van der Waals surface area contributed by atoms with Gasteiger partial charge < -0.3 is 20.4 Å². The number of pyridine rings is 1. The lowest BCUT2D eigenvalue weighted by molar-refractivity contribution is -0.129. The highest BCUT2D eigenvalue weighted by molar-refractivity contribution is 6.06. The average molecular weight is 454 g/mol. The highest BCUT2D eigenvalue weighted by Gasteiger charge is 2.27. The maximum absolute atomic E-state index is 12.7. The van der Waals surface area contributed by atoms with E-state index in [2.05, 4.69) is 25.6 Å². The molecule has 10 heteroatoms. The van der Waals surface area contributed by atoms with Crippen molar-refractivity contribution >= 4 is 34.7 Å². The van der Waals surface area contributed by atoms with E-state index >= 15 is 0 Å². The number of likely N-dealkylation sites (N-methyl/N-ethyl adjacent to an activating group) is 1. The lowest BCUT2D eigenvalue weighted by atomic mass is 9.99. The number of nitrogens with zero attached hydrogens (tertiary/aromatic N) is 6. The Morgan fingerprint density at radius 3 is 2.76 bits per heavy atom. The topological polar surface area (TPSA) is 108 Å². The fourth-order valence-electron chi connectivity index (χ4n) is 4.50. The molecule has 170 valence electrons. The zero-order valence-electron chi connectivity index (χ0n) is 18.5. The molecule has 0 spiro atoms. The van der Waals surface area contributed by atoms with Crippen LogP contribution in [0.25, 0.3) is 16.9 Å². The number of piperazine rings is 1. The van der Waals surface area contributed by atoms with Gasteiger partial charge in [0.15, 0.2) is 5.65 Å². The van der Waals surface area contributed by atoms with E-state index < -0.39 is 0 Å². The minimum absolute atomic E-state index is 0.0948. The third kappa shape index (κ3) is 3.31. The van der Waals surface area contributed by atoms with Crippen LogP contribution in [0.15, 0.2) is 55.2 Å². The van der Waals surface area contributed by atoms with Crippen LogP contribution in [0.2, 0.25) is 0 Å². The van der Waals surface area contributed by atoms with Crippen LogP contribution in [-0.4, -0.2) is 62.7 Å². The Hall–Kier alpha value is -4.47. The van der Waals surface area contributed by atoms with Crippen LogP contribution in [0, 0.1) is 0 Å². The summed E-state index contributed by atoms with van der Waals surface area (Å²) < 4.78 is 1.96. The number of rotatable bonds is 4. The molecule has 2 aliphatic rings. The number of hydrogen-bond acceptors (Lipinski definition) is 7. The Morgan fingerprint density at radius 2 is 1.94 bits per heavy atom. The van der Waals surface area contributed by atoms with Gasteiger partial charge in [-0.05, 0) is 23.8 Å². The summed E-state index contributed by atoms with van der Waals surface area (Å²) in [5.41, 5.74) is 5.71. The van der Waals surface area contributed by atoms with Crippen molar-refractivity contribution in [3.63, 3.8) is 0 Å². The van der Waals surface area contributed by atoms with E-state index in [9.17, 15) is 9.59 Å². The molecule has 1 aromatic carbocycles. The second-order valence-electron chi connectivity index (χ2n) is 8.41. The average Bonchev–Trinajstić information content (AvgIpc) is 3.46. The molecule has 5 heterocycles. The third-order valence-electron chi connectivity index (χ3n) is 6.39. The van der Waals surface area contributed by atoms with E-state index in [1.165, 1.54) is 0 Å². The minimum Gasteiger partial charge on any atom is -0.359 e. The normalized spacial score (nSPS) is 15.6. The monoisotopic (exact) mass is 454 g/mol. The van der Waals surface area contributed by atoms with E-state index in [4.69, 9.17) is 0 Å². The number of amides is 2. The number of nitrogens with one attached hydrogen (secondary N) is 2. The van der Waals surface area contributed by atoms with Crippen molar-refractivity contribution in [2.75, 3.05) is 36.9 Å². The number of carbonyl (C=O) groups is 2. The number of benzene rings is 1. The van der Waals surface area contributed by atoms with Gasteiger partial charge in [0, 0.05) is 44.6 Å². The van der Waals surface area contributed by atoms with Gasteiger partial charge in [-0.3, -0.25) is 19.0 Å². The van der Waals surface area contributed by atoms with Gasteiger partial charge in [-0.15, -0.1) is 0 Å². The van der Waals surface area contributed by atoms with Crippen LogP contribution in [0.3, 0.4) is 0 Å². The van der Waals surface area contributed by atoms with Crippen LogP contribution in [0.1, 0.15) is 15.9 Å². The van der Waals surface area contributed by atoms with Gasteiger partial charge in [-0.25, -0.2) is 9.97 Å². The molecule has 0 bridgehead atoms. The Balaban J connectivity index is 1.30. The first-order valence-electron chi connectivity index (χ1n) is 11.0. The Kier molecular flexibility index (Phi) is 4.65. The summed E-state index contributed by atoms with van der Waals surface area (Å²) in [6.07, 6.45) is 8.83. The van der Waals surface area contributed by atoms with Gasteiger partial charge in [0.25, 0.3) is 5.91 Å². The lowest BCUT2D eigenvalue weighted by Crippen LogP contribution is -2.48. The van der Waals surface area contributed by atoms with Crippen molar-refractivity contribution in [2.24, 2.45) is 0 Å². The van der Waals surface area contributed by atoms with Gasteiger partial charge in [-0.1, -0.05) is 6.07 Å². The number of carbonyl (C=O) groups excluding carboxylic acids is 2. The summed E-state index contributed by atoms with van der Waals surface area (Å²) in [5.74, 6) is 0.597. The minimum atomic E-state index is -0.123. The van der Waals surface area contributed by atoms with Crippen molar-refractivity contribution in [2.45, 2.75) is 6.54 Å². The summed E-state index contributed by atoms with van der Waals surface area (Å²) in [4.78, 5) is 41.6. The first-order valence-corrected chi connectivity index (χ1v) is 11.0. The molecule has 1 saturated heterocycles. The van der Waals surface area contributed by atoms with Crippen LogP contribution < -0.4 is 15.5 Å². The van der Waals surface area contributed by atoms with Crippen LogP contribution in [0.5, 0.6) is 0 Å². The molecular weight excluding hydrogens is 432 g/mol. The molecular formula is C24H22N8O2. The standard InChI is InChI=1S/C24H22N8O2/c1-30-8-9-31(14-22(30)33)15-2-5-20(26-10-15)29-18-4-3-16(17-11-28-24(34)23(17)18)19-12-27-21-13-25-6-7-32(19)21/h2-7,10,12-13H,8-9,11,14H2,1H3,(H,26,29)(H,28,34). The first kappa shape index (κ1) is 20.2. The fourth-order valence-corrected chi connectivity index (χ4v) is 4.50. The molecule has 10 nitrogen and oxygen atoms in total. The quantitative estimate of drug-likeness (QED) is 0.486. The smallest absolute Gasteiger partial charge is 0.254 e. The summed E-state index contributed by atoms with van der Waals surface area (Å²) in [5, 5.41) is 6.23. The molecule has 2 N–H and O–H groups in total. The number of anilines is 3. The third-order valence-corrected chi connectivity index (χ3v) is 6.39. The van der Waals surface area contributed by atoms with Gasteiger partial charge in [0.2, 0.25) is 5.91 Å². The summed E-state index contributed by atoms with van der Waals surface area (Å²) in [7, 11) is 1.82. The summed E-state index contributed by atoms with van der Waals surface area (Å²) in [6, 6.07) is 7.70. The molecule has 0 saturated carbocycles. The maximum atomic E-state index is 12.7. The molecule has 0 radical (unpaired) electrons. The molecule has 3 aromatic heterocycles. The van der Waals surface area contributed by atoms with Gasteiger partial charge >= 0.3 is 0 Å². The zero-order chi connectivity index (χ0) is 23.2. The van der Waals surface area contributed by atoms with Crippen molar-refractivity contribution in [1.82, 2.24) is 29.6 Å². The first-order chi connectivity index (χ1) is 16.6. The number of aromatic nitrogens is 4. The molecule has 0 atom stereocenters. The van der Waals surface area contributed by atoms with Gasteiger partial charge in [0.05, 0.1) is 47.8 Å². The van der Waals surface area contributed by atoms with Crippen LogP contribution in [0.4, 0.5) is 17.2 Å². The van der Waals surface area contributed by atoms with Gasteiger partial charge in [0.1, 0.15) is 5.82 Å². The molecule has 2 aliphatic heterocycles. The lowest BCUT2D eigenvalue weighted by Gasteiger charge is -2.33. The Bertz CT molecular complexity index is 1430. The van der Waals surface area contributed by atoms with Crippen molar-refractivity contribution in [3.8, 4) is 11.3 Å². The molecule has 0 unspecified atom stereocenters. The molecule has 34 heavy (non-hydrogen) atoms. The van der Waals surface area contributed by atoms with Crippen LogP contribution in [-0.2, 0) is 11.3 Å². The maximum Gasteiger partial charge on any atom is 0.254 e. The number of hydrogen-bond donors (Lipinski definition) is 2. The van der Waals surface area contributed by atoms with E-state index in [1.54, 1.807) is 29.7 Å². The van der Waals surface area contributed by atoms with Crippen molar-refractivity contribution in [3.05, 3.63) is 66.4 Å². The number of imidazole rings is 1. The summed E-state index contributed by atoms with van der Waals surface area (Å²) >= 11 is 0. The molecule has 2 amide bonds. The van der Waals surface area contributed by atoms with Crippen molar-refractivity contribution < 1.29 is 9.59 Å². The molecule has 6 rings (SSSR count). The second kappa shape index (κ2) is 7.84. The van der Waals surface area contributed by atoms with Crippen LogP contribution >= 0.6 is 0 Å². The number of fused-ring (bicyclic) bond motifs is 2. The Labute approximate surface area is 195 Å². The van der Waals surface area contributed by atoms with E-state index in [1.807, 2.05) is 46.8 Å². The predicted octanol–water partition coefficient (Wildman–Crippen LogP) is 2.06. The second-order valence-corrected chi connectivity index (χ2v) is 8.41. The van der Waals surface area contributed by atoms with Crippen molar-refractivity contribution in [1.29, 1.82) is 0 Å². The predicted molar refractivity (Wildman–Crippen MR) is 127 cm³/mol. The highest BCUT2D eigenvalue weighted by atomic mass is 16.2. The highest BCUT2D eigenvalue weighted by Crippen LogP contribution is 2.35.